The number of anilines is 1. The van der Waals surface area contributed by atoms with Crippen LogP contribution < -0.4 is 5.32 Å². The molecule has 8 heteroatoms. The van der Waals surface area contributed by atoms with E-state index in [1.807, 2.05) is 0 Å². The van der Waals surface area contributed by atoms with Gasteiger partial charge in [0.15, 0.2) is 0 Å². The summed E-state index contributed by atoms with van der Waals surface area (Å²) >= 11 is 0. The smallest absolute Gasteiger partial charge is 0.322 e. The van der Waals surface area contributed by atoms with Gasteiger partial charge in [-0.15, -0.1) is 0 Å². The van der Waals surface area contributed by atoms with E-state index in [-0.39, 0.29) is 17.3 Å². The number of carboxylic acid groups (broad SMARTS) is 1. The lowest BCUT2D eigenvalue weighted by Gasteiger charge is -2.32. The van der Waals surface area contributed by atoms with E-state index in [2.05, 4.69) is 5.32 Å². The van der Waals surface area contributed by atoms with Crippen LogP contribution in [0.3, 0.4) is 0 Å². The van der Waals surface area contributed by atoms with Crippen molar-refractivity contribution in [3.63, 3.8) is 0 Å². The van der Waals surface area contributed by atoms with Crippen molar-refractivity contribution >= 4 is 27.6 Å². The van der Waals surface area contributed by atoms with Crippen LogP contribution in [0, 0.1) is 0 Å². The third-order valence-corrected chi connectivity index (χ3v) is 6.22. The number of sulfonamides is 1. The third-order valence-electron chi connectivity index (χ3n) is 4.32. The van der Waals surface area contributed by atoms with E-state index in [0.29, 0.717) is 37.8 Å². The molecule has 1 saturated heterocycles. The molecule has 0 radical (unpaired) electrons. The van der Waals surface area contributed by atoms with Crippen LogP contribution >= 0.6 is 0 Å². The number of amides is 1. The van der Waals surface area contributed by atoms with Crippen LogP contribution in [0.25, 0.3) is 0 Å². The zero-order valence-electron chi connectivity index (χ0n) is 12.5. The highest BCUT2D eigenvalue weighted by atomic mass is 32.2. The first kappa shape index (κ1) is 15.9. The van der Waals surface area contributed by atoms with Crippen LogP contribution in [-0.4, -0.2) is 42.3 Å². The first-order valence-corrected chi connectivity index (χ1v) is 9.01. The second-order valence-corrected chi connectivity index (χ2v) is 7.72. The molecule has 0 spiro atoms. The van der Waals surface area contributed by atoms with E-state index in [0.717, 1.165) is 9.87 Å². The second-order valence-electron chi connectivity index (χ2n) is 5.83. The molecule has 2 aliphatic rings. The Labute approximate surface area is 134 Å². The van der Waals surface area contributed by atoms with E-state index in [1.54, 1.807) is 6.07 Å². The van der Waals surface area contributed by atoms with Gasteiger partial charge in [0.25, 0.3) is 0 Å². The average molecular weight is 338 g/mol. The van der Waals surface area contributed by atoms with Crippen molar-refractivity contribution in [2.24, 2.45) is 0 Å². The molecule has 3 rings (SSSR count). The Hall–Kier alpha value is -1.93. The first-order chi connectivity index (χ1) is 10.9. The molecule has 1 atom stereocenters. The summed E-state index contributed by atoms with van der Waals surface area (Å²) in [5, 5.41) is 12.0. The van der Waals surface area contributed by atoms with Gasteiger partial charge in [-0.1, -0.05) is 0 Å². The monoisotopic (exact) mass is 338 g/mol. The molecule has 2 heterocycles. The van der Waals surface area contributed by atoms with Gasteiger partial charge in [-0.05, 0) is 49.4 Å². The summed E-state index contributed by atoms with van der Waals surface area (Å²) in [4.78, 5) is 22.8. The van der Waals surface area contributed by atoms with E-state index in [9.17, 15) is 23.1 Å². The predicted molar refractivity (Wildman–Crippen MR) is 82.6 cm³/mol. The van der Waals surface area contributed by atoms with Gasteiger partial charge in [-0.2, -0.15) is 4.31 Å². The molecule has 23 heavy (non-hydrogen) atoms. The number of hydrogen-bond donors (Lipinski definition) is 2. The molecule has 1 aromatic rings. The maximum atomic E-state index is 12.8. The van der Waals surface area contributed by atoms with Crippen LogP contribution in [0.1, 0.15) is 31.2 Å². The number of hydrogen-bond acceptors (Lipinski definition) is 4. The minimum Gasteiger partial charge on any atom is -0.480 e. The van der Waals surface area contributed by atoms with E-state index >= 15 is 0 Å². The summed E-state index contributed by atoms with van der Waals surface area (Å²) < 4.78 is 26.7. The van der Waals surface area contributed by atoms with Crippen LogP contribution in [0.2, 0.25) is 0 Å². The van der Waals surface area contributed by atoms with Gasteiger partial charge >= 0.3 is 5.97 Å². The molecule has 0 saturated carbocycles. The lowest BCUT2D eigenvalue weighted by molar-refractivity contribution is -0.142. The fourth-order valence-corrected chi connectivity index (χ4v) is 4.80. The Kier molecular flexibility index (Phi) is 4.11. The number of rotatable bonds is 3. The topological polar surface area (TPSA) is 104 Å². The average Bonchev–Trinajstić information content (AvgIpc) is 2.54. The number of fused-ring (bicyclic) bond motifs is 1. The van der Waals surface area contributed by atoms with Crippen LogP contribution in [0.5, 0.6) is 0 Å². The highest BCUT2D eigenvalue weighted by molar-refractivity contribution is 7.89. The van der Waals surface area contributed by atoms with Crippen LogP contribution in [0.4, 0.5) is 5.69 Å². The zero-order valence-corrected chi connectivity index (χ0v) is 13.3. The van der Waals surface area contributed by atoms with Crippen molar-refractivity contribution in [2.75, 3.05) is 11.9 Å². The summed E-state index contributed by atoms with van der Waals surface area (Å²) in [5.74, 6) is -1.20. The molecular formula is C15H18N2O5S. The normalized spacial score (nSPS) is 22.3. The largest absolute Gasteiger partial charge is 0.480 e. The molecule has 124 valence electrons. The fraction of sp³-hybridized carbons (Fsp3) is 0.467. The fourth-order valence-electron chi connectivity index (χ4n) is 3.10. The molecule has 1 aromatic carbocycles. The van der Waals surface area contributed by atoms with Crippen molar-refractivity contribution < 1.29 is 23.1 Å². The quantitative estimate of drug-likeness (QED) is 0.862. The number of aliphatic carboxylic acids is 1. The Morgan fingerprint density at radius 1 is 1.26 bits per heavy atom. The number of nitrogens with one attached hydrogen (secondary N) is 1. The standard InChI is InChI=1S/C15H18N2O5S/c18-14-7-4-10-9-11(5-6-12(10)16-14)23(21,22)17-8-2-1-3-13(17)15(19)20/h5-6,9,13H,1-4,7-8H2,(H,16,18)(H,19,20)/t13-/m0/s1. The minimum atomic E-state index is -3.86. The summed E-state index contributed by atoms with van der Waals surface area (Å²) in [7, 11) is -3.86. The molecular weight excluding hydrogens is 320 g/mol. The Morgan fingerprint density at radius 3 is 2.78 bits per heavy atom. The van der Waals surface area contributed by atoms with E-state index in [1.165, 1.54) is 12.1 Å². The molecule has 0 aromatic heterocycles. The van der Waals surface area contributed by atoms with Gasteiger partial charge in [-0.25, -0.2) is 8.42 Å². The molecule has 1 fully saturated rings. The van der Waals surface area contributed by atoms with Gasteiger partial charge in [0.2, 0.25) is 15.9 Å². The minimum absolute atomic E-state index is 0.0838. The lowest BCUT2D eigenvalue weighted by atomic mass is 10.0. The number of piperidine rings is 1. The highest BCUT2D eigenvalue weighted by Crippen LogP contribution is 2.30. The SMILES string of the molecule is O=C1CCc2cc(S(=O)(=O)N3CCCC[C@H]3C(=O)O)ccc2N1. The lowest BCUT2D eigenvalue weighted by Crippen LogP contribution is -2.47. The second kappa shape index (κ2) is 5.93. The van der Waals surface area contributed by atoms with E-state index < -0.39 is 22.0 Å². The molecule has 7 nitrogen and oxygen atoms in total. The van der Waals surface area contributed by atoms with Crippen molar-refractivity contribution in [1.82, 2.24) is 4.31 Å². The summed E-state index contributed by atoms with van der Waals surface area (Å²) in [6, 6.07) is 3.52. The third kappa shape index (κ3) is 2.96. The molecule has 0 unspecified atom stereocenters. The zero-order chi connectivity index (χ0) is 16.6. The molecule has 0 aliphatic carbocycles. The first-order valence-electron chi connectivity index (χ1n) is 7.57. The van der Waals surface area contributed by atoms with Crippen molar-refractivity contribution in [3.8, 4) is 0 Å². The van der Waals surface area contributed by atoms with Gasteiger partial charge in [0.05, 0.1) is 4.90 Å². The van der Waals surface area contributed by atoms with Crippen molar-refractivity contribution in [1.29, 1.82) is 0 Å². The summed E-state index contributed by atoms with van der Waals surface area (Å²) in [5.41, 5.74) is 1.38. The van der Waals surface area contributed by atoms with E-state index in [4.69, 9.17) is 0 Å². The summed E-state index contributed by atoms with van der Waals surface area (Å²) in [6.45, 7) is 0.215. The molecule has 2 aliphatic heterocycles. The summed E-state index contributed by atoms with van der Waals surface area (Å²) in [6.07, 6.45) is 2.49. The Bertz CT molecular complexity index is 759. The predicted octanol–water partition coefficient (Wildman–Crippen LogP) is 1.20. The maximum Gasteiger partial charge on any atom is 0.322 e. The number of nitrogens with zero attached hydrogens (tertiary/aromatic N) is 1. The highest BCUT2D eigenvalue weighted by Gasteiger charge is 2.37. The maximum absolute atomic E-state index is 12.8. The Balaban J connectivity index is 1.96. The molecule has 2 N–H and O–H groups in total. The number of carbonyl (C=O) groups excluding carboxylic acids is 1. The van der Waals surface area contributed by atoms with Crippen molar-refractivity contribution in [2.45, 2.75) is 43.0 Å². The van der Waals surface area contributed by atoms with Gasteiger partial charge in [0.1, 0.15) is 6.04 Å². The van der Waals surface area contributed by atoms with Gasteiger partial charge < -0.3 is 10.4 Å². The number of aryl methyl sites for hydroxylation is 1. The number of benzene rings is 1. The number of carboxylic acids is 1. The number of carbonyl (C=O) groups is 2. The molecule has 1 amide bonds. The molecule has 0 bridgehead atoms. The van der Waals surface area contributed by atoms with Gasteiger partial charge in [-0.3, -0.25) is 9.59 Å². The van der Waals surface area contributed by atoms with Gasteiger partial charge in [0, 0.05) is 18.7 Å². The van der Waals surface area contributed by atoms with Crippen molar-refractivity contribution in [3.05, 3.63) is 23.8 Å². The van der Waals surface area contributed by atoms with Crippen LogP contribution in [0.15, 0.2) is 23.1 Å². The Morgan fingerprint density at radius 2 is 2.04 bits per heavy atom. The van der Waals surface area contributed by atoms with Crippen LogP contribution in [-0.2, 0) is 26.0 Å².